The maximum Gasteiger partial charge on any atom is 0.331 e. The number of carbonyl (C=O) groups excluding carboxylic acids is 1. The summed E-state index contributed by atoms with van der Waals surface area (Å²) >= 11 is 0. The lowest BCUT2D eigenvalue weighted by atomic mass is 9.73. The van der Waals surface area contributed by atoms with Crippen LogP contribution in [0.5, 0.6) is 0 Å². The van der Waals surface area contributed by atoms with E-state index < -0.39 is 11.6 Å². The molecular formula is C33H53N3O3. The Balaban J connectivity index is 1.65. The second-order valence-corrected chi connectivity index (χ2v) is 14.3. The Bertz CT molecular complexity index is 986. The molecule has 2 heterocycles. The van der Waals surface area contributed by atoms with Gasteiger partial charge in [-0.2, -0.15) is 0 Å². The molecule has 2 aliphatic heterocycles. The predicted molar refractivity (Wildman–Crippen MR) is 159 cm³/mol. The number of unbranched alkanes of at least 4 members (excludes halogenated alkanes) is 1. The quantitative estimate of drug-likeness (QED) is 0.354. The van der Waals surface area contributed by atoms with Crippen LogP contribution in [0.15, 0.2) is 28.3 Å². The van der Waals surface area contributed by atoms with Gasteiger partial charge in [0, 0.05) is 18.7 Å². The summed E-state index contributed by atoms with van der Waals surface area (Å²) in [5.41, 5.74) is 1.50. The third-order valence-electron chi connectivity index (χ3n) is 9.79. The van der Waals surface area contributed by atoms with E-state index in [1.165, 1.54) is 12.0 Å². The molecule has 4 rings (SSSR count). The minimum atomic E-state index is -0.836. The molecule has 0 aromatic heterocycles. The van der Waals surface area contributed by atoms with E-state index in [1.54, 1.807) is 6.08 Å². The van der Waals surface area contributed by atoms with Gasteiger partial charge >= 0.3 is 5.97 Å². The average molecular weight is 540 g/mol. The molecule has 39 heavy (non-hydrogen) atoms. The maximum atomic E-state index is 14.4. The van der Waals surface area contributed by atoms with Gasteiger partial charge in [-0.15, -0.1) is 0 Å². The molecule has 0 aromatic carbocycles. The molecular weight excluding hydrogens is 486 g/mol. The van der Waals surface area contributed by atoms with E-state index in [1.807, 2.05) is 6.08 Å². The lowest BCUT2D eigenvalue weighted by Gasteiger charge is -2.46. The predicted octanol–water partition coefficient (Wildman–Crippen LogP) is 7.21. The number of carboxylic acid groups (broad SMARTS) is 1. The van der Waals surface area contributed by atoms with Crippen LogP contribution in [-0.4, -0.2) is 57.4 Å². The number of hydrogen-bond acceptors (Lipinski definition) is 4. The number of piperidine rings is 1. The van der Waals surface area contributed by atoms with Crippen LogP contribution in [0.25, 0.3) is 0 Å². The highest BCUT2D eigenvalue weighted by Gasteiger charge is 2.53. The van der Waals surface area contributed by atoms with Gasteiger partial charge in [0.15, 0.2) is 5.84 Å². The zero-order chi connectivity index (χ0) is 28.4. The highest BCUT2D eigenvalue weighted by molar-refractivity contribution is 6.39. The van der Waals surface area contributed by atoms with E-state index in [-0.39, 0.29) is 11.9 Å². The summed E-state index contributed by atoms with van der Waals surface area (Å²) < 4.78 is 0. The molecule has 1 N–H and O–H groups in total. The first-order chi connectivity index (χ1) is 18.4. The fourth-order valence-electron chi connectivity index (χ4n) is 7.56. The Labute approximate surface area is 237 Å². The number of amides is 1. The van der Waals surface area contributed by atoms with Gasteiger partial charge in [0.1, 0.15) is 5.66 Å². The summed E-state index contributed by atoms with van der Waals surface area (Å²) in [5.74, 6) is 2.05. The van der Waals surface area contributed by atoms with Crippen LogP contribution >= 0.6 is 0 Å². The lowest BCUT2D eigenvalue weighted by Crippen LogP contribution is -2.55. The standard InChI is InChI=1S/C33H53N3O3/c1-7-8-9-28(26-10-12-27(13-11-26)31(38)39)36-30(37)29(35-20-16-25(17-21-35)23(2)3)34-33(36)18-14-24(15-19-33)22-32(4,5)6/h10,12,23-25,28H,7-9,11,13-22H2,1-6H3,(H,38,39)/t24?,28-,33?/m1/s1. The molecule has 1 saturated heterocycles. The molecule has 2 fully saturated rings. The Kier molecular flexibility index (Phi) is 9.33. The number of rotatable bonds is 8. The third-order valence-corrected chi connectivity index (χ3v) is 9.79. The van der Waals surface area contributed by atoms with Crippen LogP contribution < -0.4 is 0 Å². The van der Waals surface area contributed by atoms with E-state index in [4.69, 9.17) is 4.99 Å². The van der Waals surface area contributed by atoms with E-state index in [0.717, 1.165) is 76.8 Å². The van der Waals surface area contributed by atoms with Crippen molar-refractivity contribution in [2.45, 2.75) is 130 Å². The van der Waals surface area contributed by atoms with E-state index in [2.05, 4.69) is 51.3 Å². The molecule has 1 saturated carbocycles. The zero-order valence-electron chi connectivity index (χ0n) is 25.5. The van der Waals surface area contributed by atoms with Gasteiger partial charge in [0.2, 0.25) is 0 Å². The molecule has 2 aliphatic carbocycles. The van der Waals surface area contributed by atoms with Crippen molar-refractivity contribution in [2.75, 3.05) is 13.1 Å². The first-order valence-corrected chi connectivity index (χ1v) is 15.8. The number of amidine groups is 1. The Morgan fingerprint density at radius 3 is 2.28 bits per heavy atom. The monoisotopic (exact) mass is 539 g/mol. The van der Waals surface area contributed by atoms with Gasteiger partial charge in [-0.25, -0.2) is 9.79 Å². The summed E-state index contributed by atoms with van der Waals surface area (Å²) in [7, 11) is 0. The Morgan fingerprint density at radius 1 is 1.10 bits per heavy atom. The van der Waals surface area contributed by atoms with Gasteiger partial charge in [-0.3, -0.25) is 4.79 Å². The van der Waals surface area contributed by atoms with Crippen LogP contribution in [0, 0.1) is 23.2 Å². The number of carbonyl (C=O) groups is 2. The molecule has 0 bridgehead atoms. The van der Waals surface area contributed by atoms with Gasteiger partial charge < -0.3 is 14.9 Å². The molecule has 0 aromatic rings. The summed E-state index contributed by atoms with van der Waals surface area (Å²) in [6, 6.07) is -0.0161. The van der Waals surface area contributed by atoms with Crippen molar-refractivity contribution < 1.29 is 14.7 Å². The summed E-state index contributed by atoms with van der Waals surface area (Å²) in [4.78, 5) is 35.9. The smallest absolute Gasteiger partial charge is 0.331 e. The van der Waals surface area contributed by atoms with Gasteiger partial charge in [-0.05, 0) is 93.0 Å². The van der Waals surface area contributed by atoms with Gasteiger partial charge in [0.25, 0.3) is 5.91 Å². The SMILES string of the molecule is CCCC[C@H](C1=CC=C(C(=O)O)CC1)N1C(=O)C(N2CCC(C(C)C)CC2)=NC12CCC(CC(C)(C)C)CC2. The highest BCUT2D eigenvalue weighted by atomic mass is 16.4. The molecule has 6 heteroatoms. The topological polar surface area (TPSA) is 73.2 Å². The van der Waals surface area contributed by atoms with Gasteiger partial charge in [0.05, 0.1) is 6.04 Å². The van der Waals surface area contributed by atoms with Crippen molar-refractivity contribution in [3.63, 3.8) is 0 Å². The Hall–Kier alpha value is -2.11. The first-order valence-electron chi connectivity index (χ1n) is 15.8. The molecule has 0 radical (unpaired) electrons. The van der Waals surface area contributed by atoms with Crippen LogP contribution in [0.1, 0.15) is 119 Å². The largest absolute Gasteiger partial charge is 0.478 e. The number of hydrogen-bond donors (Lipinski definition) is 1. The van der Waals surface area contributed by atoms with Crippen molar-refractivity contribution in [2.24, 2.45) is 28.2 Å². The second kappa shape index (κ2) is 12.2. The number of nitrogens with zero attached hydrogens (tertiary/aromatic N) is 3. The second-order valence-electron chi connectivity index (χ2n) is 14.3. The van der Waals surface area contributed by atoms with Crippen LogP contribution in [0.4, 0.5) is 0 Å². The maximum absolute atomic E-state index is 14.4. The lowest BCUT2D eigenvalue weighted by molar-refractivity contribution is -0.134. The van der Waals surface area contributed by atoms with E-state index in [9.17, 15) is 14.7 Å². The van der Waals surface area contributed by atoms with Crippen LogP contribution in [0.3, 0.4) is 0 Å². The molecule has 218 valence electrons. The number of likely N-dealkylation sites (tertiary alicyclic amines) is 1. The molecule has 4 aliphatic rings. The van der Waals surface area contributed by atoms with E-state index in [0.29, 0.717) is 41.5 Å². The minimum absolute atomic E-state index is 0.0161. The normalized spacial score (nSPS) is 27.6. The van der Waals surface area contributed by atoms with Crippen molar-refractivity contribution in [3.05, 3.63) is 23.3 Å². The fraction of sp³-hybridized carbons (Fsp3) is 0.788. The Morgan fingerprint density at radius 2 is 1.77 bits per heavy atom. The minimum Gasteiger partial charge on any atom is -0.478 e. The molecule has 1 spiro atoms. The molecule has 6 nitrogen and oxygen atoms in total. The van der Waals surface area contributed by atoms with Gasteiger partial charge in [-0.1, -0.05) is 66.5 Å². The average Bonchev–Trinajstić information content (AvgIpc) is 3.17. The highest BCUT2D eigenvalue weighted by Crippen LogP contribution is 2.47. The third kappa shape index (κ3) is 6.79. The van der Waals surface area contributed by atoms with E-state index >= 15 is 0 Å². The van der Waals surface area contributed by atoms with Crippen LogP contribution in [-0.2, 0) is 9.59 Å². The first kappa shape index (κ1) is 29.9. The molecule has 1 atom stereocenters. The van der Waals surface area contributed by atoms with Crippen molar-refractivity contribution in [1.82, 2.24) is 9.80 Å². The molecule has 0 unspecified atom stereocenters. The van der Waals surface area contributed by atoms with Crippen molar-refractivity contribution in [3.8, 4) is 0 Å². The zero-order valence-corrected chi connectivity index (χ0v) is 25.5. The number of aliphatic carboxylic acids is 1. The van der Waals surface area contributed by atoms with Crippen molar-refractivity contribution >= 4 is 17.7 Å². The fourth-order valence-corrected chi connectivity index (χ4v) is 7.56. The number of allylic oxidation sites excluding steroid dienone is 2. The molecule has 1 amide bonds. The van der Waals surface area contributed by atoms with Crippen LogP contribution in [0.2, 0.25) is 0 Å². The summed E-state index contributed by atoms with van der Waals surface area (Å²) in [6.45, 7) is 15.6. The van der Waals surface area contributed by atoms with Crippen molar-refractivity contribution in [1.29, 1.82) is 0 Å². The number of aliphatic imine (C=N–C) groups is 1. The number of carboxylic acids is 1. The summed E-state index contributed by atoms with van der Waals surface area (Å²) in [5, 5.41) is 9.51. The summed E-state index contributed by atoms with van der Waals surface area (Å²) in [6.07, 6.45) is 15.6.